The quantitative estimate of drug-likeness (QED) is 0.861. The van der Waals surface area contributed by atoms with Gasteiger partial charge in [0.15, 0.2) is 5.78 Å². The highest BCUT2D eigenvalue weighted by Gasteiger charge is 2.28. The number of hydrogen-bond donors (Lipinski definition) is 1. The second-order valence-electron chi connectivity index (χ2n) is 5.06. The Morgan fingerprint density at radius 1 is 1.20 bits per heavy atom. The van der Waals surface area contributed by atoms with Gasteiger partial charge >= 0.3 is 6.09 Å². The van der Waals surface area contributed by atoms with Crippen molar-refractivity contribution in [1.82, 2.24) is 4.90 Å². The Morgan fingerprint density at radius 2 is 1.90 bits per heavy atom. The number of carbonyl (C=O) groups excluding carboxylic acids is 1. The van der Waals surface area contributed by atoms with E-state index in [1.54, 1.807) is 0 Å². The van der Waals surface area contributed by atoms with Crippen LogP contribution >= 0.6 is 11.3 Å². The molecule has 0 bridgehead atoms. The number of hydrogen-bond acceptors (Lipinski definition) is 3. The van der Waals surface area contributed by atoms with E-state index in [1.807, 2.05) is 30.3 Å². The molecule has 1 amide bonds. The number of carbonyl (C=O) groups is 2. The van der Waals surface area contributed by atoms with Gasteiger partial charge in [0.05, 0.1) is 4.88 Å². The normalized spacial score (nSPS) is 16.5. The second kappa shape index (κ2) is 5.25. The van der Waals surface area contributed by atoms with Gasteiger partial charge in [-0.1, -0.05) is 18.2 Å². The highest BCUT2D eigenvalue weighted by atomic mass is 32.1. The van der Waals surface area contributed by atoms with Crippen LogP contribution in [0.25, 0.3) is 10.1 Å². The fraction of sp³-hybridized carbons (Fsp3) is 0.333. The van der Waals surface area contributed by atoms with E-state index in [2.05, 4.69) is 0 Å². The smallest absolute Gasteiger partial charge is 0.407 e. The maximum atomic E-state index is 12.5. The van der Waals surface area contributed by atoms with Crippen LogP contribution in [0.2, 0.25) is 0 Å². The first-order chi connectivity index (χ1) is 9.65. The first-order valence-electron chi connectivity index (χ1n) is 6.66. The predicted octanol–water partition coefficient (Wildman–Crippen LogP) is 3.47. The Kier molecular flexibility index (Phi) is 3.44. The number of fused-ring (bicyclic) bond motifs is 1. The number of carboxylic acid groups (broad SMARTS) is 1. The Bertz CT molecular complexity index is 623. The highest BCUT2D eigenvalue weighted by molar-refractivity contribution is 7.20. The van der Waals surface area contributed by atoms with Crippen molar-refractivity contribution in [3.05, 3.63) is 35.2 Å². The first-order valence-corrected chi connectivity index (χ1v) is 7.47. The molecule has 5 heteroatoms. The number of thiophene rings is 1. The zero-order valence-electron chi connectivity index (χ0n) is 10.9. The van der Waals surface area contributed by atoms with Crippen LogP contribution in [0.4, 0.5) is 4.79 Å². The van der Waals surface area contributed by atoms with Gasteiger partial charge in [0.2, 0.25) is 0 Å². The van der Waals surface area contributed by atoms with E-state index in [-0.39, 0.29) is 11.7 Å². The number of nitrogens with zero attached hydrogens (tertiary/aromatic N) is 1. The Morgan fingerprint density at radius 3 is 2.55 bits per heavy atom. The fourth-order valence-electron chi connectivity index (χ4n) is 2.64. The third-order valence-electron chi connectivity index (χ3n) is 3.80. The van der Waals surface area contributed by atoms with Gasteiger partial charge in [-0.15, -0.1) is 11.3 Å². The van der Waals surface area contributed by atoms with Crippen molar-refractivity contribution in [2.24, 2.45) is 5.92 Å². The molecular weight excluding hydrogens is 274 g/mol. The minimum Gasteiger partial charge on any atom is -0.465 e. The molecule has 104 valence electrons. The van der Waals surface area contributed by atoms with Crippen molar-refractivity contribution >= 4 is 33.3 Å². The average molecular weight is 289 g/mol. The minimum atomic E-state index is -0.891. The Labute approximate surface area is 120 Å². The van der Waals surface area contributed by atoms with E-state index in [0.717, 1.165) is 15.0 Å². The molecule has 1 aromatic carbocycles. The maximum absolute atomic E-state index is 12.5. The molecule has 0 radical (unpaired) electrons. The molecule has 0 unspecified atom stereocenters. The van der Waals surface area contributed by atoms with Crippen LogP contribution in [0.15, 0.2) is 30.3 Å². The monoisotopic (exact) mass is 289 g/mol. The van der Waals surface area contributed by atoms with Crippen molar-refractivity contribution in [2.45, 2.75) is 12.8 Å². The SMILES string of the molecule is O=C(c1cc2ccccc2s1)C1CCN(C(=O)O)CC1. The number of Topliss-reactive ketones (excluding diaryl/α,β-unsaturated/α-hetero) is 1. The summed E-state index contributed by atoms with van der Waals surface area (Å²) in [5, 5.41) is 10.0. The van der Waals surface area contributed by atoms with Crippen LogP contribution in [0.1, 0.15) is 22.5 Å². The molecule has 1 saturated heterocycles. The molecule has 0 aliphatic carbocycles. The lowest BCUT2D eigenvalue weighted by atomic mass is 9.92. The van der Waals surface area contributed by atoms with Crippen LogP contribution in [0, 0.1) is 5.92 Å². The molecular formula is C15H15NO3S. The lowest BCUT2D eigenvalue weighted by Gasteiger charge is -2.28. The van der Waals surface area contributed by atoms with Gasteiger partial charge in [0.25, 0.3) is 0 Å². The molecule has 1 aromatic heterocycles. The minimum absolute atomic E-state index is 0.0429. The van der Waals surface area contributed by atoms with Gasteiger partial charge < -0.3 is 10.0 Å². The van der Waals surface area contributed by atoms with Crippen LogP contribution in [-0.2, 0) is 0 Å². The van der Waals surface area contributed by atoms with E-state index in [9.17, 15) is 9.59 Å². The molecule has 1 fully saturated rings. The largest absolute Gasteiger partial charge is 0.465 e. The summed E-state index contributed by atoms with van der Waals surface area (Å²) in [5.41, 5.74) is 0. The van der Waals surface area contributed by atoms with Gasteiger partial charge in [-0.3, -0.25) is 4.79 Å². The van der Waals surface area contributed by atoms with Gasteiger partial charge in [-0.25, -0.2) is 4.79 Å². The van der Waals surface area contributed by atoms with Crippen molar-refractivity contribution in [2.75, 3.05) is 13.1 Å². The number of likely N-dealkylation sites (tertiary alicyclic amines) is 1. The molecule has 2 aromatic rings. The van der Waals surface area contributed by atoms with Crippen LogP contribution in [-0.4, -0.2) is 35.0 Å². The molecule has 4 nitrogen and oxygen atoms in total. The summed E-state index contributed by atoms with van der Waals surface area (Å²) < 4.78 is 1.12. The lowest BCUT2D eigenvalue weighted by Crippen LogP contribution is -2.39. The fourth-order valence-corrected chi connectivity index (χ4v) is 3.72. The summed E-state index contributed by atoms with van der Waals surface area (Å²) in [4.78, 5) is 25.5. The van der Waals surface area contributed by atoms with E-state index in [1.165, 1.54) is 16.2 Å². The molecule has 1 aliphatic heterocycles. The van der Waals surface area contributed by atoms with Crippen LogP contribution in [0.5, 0.6) is 0 Å². The number of amides is 1. The van der Waals surface area contributed by atoms with Crippen molar-refractivity contribution < 1.29 is 14.7 Å². The Balaban J connectivity index is 1.75. The molecule has 20 heavy (non-hydrogen) atoms. The third kappa shape index (κ3) is 2.41. The van der Waals surface area contributed by atoms with E-state index in [0.29, 0.717) is 25.9 Å². The van der Waals surface area contributed by atoms with E-state index < -0.39 is 6.09 Å². The summed E-state index contributed by atoms with van der Waals surface area (Å²) in [6, 6.07) is 9.92. The summed E-state index contributed by atoms with van der Waals surface area (Å²) in [5.74, 6) is 0.120. The summed E-state index contributed by atoms with van der Waals surface area (Å²) in [7, 11) is 0. The third-order valence-corrected chi connectivity index (χ3v) is 4.94. The maximum Gasteiger partial charge on any atom is 0.407 e. The predicted molar refractivity (Wildman–Crippen MR) is 78.5 cm³/mol. The Hall–Kier alpha value is -1.88. The van der Waals surface area contributed by atoms with Crippen molar-refractivity contribution in [3.63, 3.8) is 0 Å². The number of ketones is 1. The van der Waals surface area contributed by atoms with E-state index in [4.69, 9.17) is 5.11 Å². The van der Waals surface area contributed by atoms with Crippen molar-refractivity contribution in [3.8, 4) is 0 Å². The van der Waals surface area contributed by atoms with Crippen LogP contribution in [0.3, 0.4) is 0 Å². The lowest BCUT2D eigenvalue weighted by molar-refractivity contribution is 0.0825. The standard InChI is InChI=1S/C15H15NO3S/c17-14(10-5-7-16(8-6-10)15(18)19)13-9-11-3-1-2-4-12(11)20-13/h1-4,9-10H,5-8H2,(H,18,19). The molecule has 0 saturated carbocycles. The molecule has 3 rings (SSSR count). The van der Waals surface area contributed by atoms with Crippen LogP contribution < -0.4 is 0 Å². The molecule has 1 aliphatic rings. The second-order valence-corrected chi connectivity index (χ2v) is 6.14. The van der Waals surface area contributed by atoms with E-state index >= 15 is 0 Å². The summed E-state index contributed by atoms with van der Waals surface area (Å²) >= 11 is 1.53. The molecule has 1 N–H and O–H groups in total. The average Bonchev–Trinajstić information content (AvgIpc) is 2.90. The van der Waals surface area contributed by atoms with Gasteiger partial charge in [0.1, 0.15) is 0 Å². The summed E-state index contributed by atoms with van der Waals surface area (Å²) in [6.45, 7) is 0.910. The van der Waals surface area contributed by atoms with Gasteiger partial charge in [-0.05, 0) is 30.4 Å². The molecule has 0 spiro atoms. The molecule has 0 atom stereocenters. The zero-order valence-corrected chi connectivity index (χ0v) is 11.7. The first kappa shape index (κ1) is 13.1. The number of piperidine rings is 1. The highest BCUT2D eigenvalue weighted by Crippen LogP contribution is 2.30. The zero-order chi connectivity index (χ0) is 14.1. The number of rotatable bonds is 2. The van der Waals surface area contributed by atoms with Gasteiger partial charge in [-0.2, -0.15) is 0 Å². The molecule has 2 heterocycles. The topological polar surface area (TPSA) is 57.6 Å². The summed E-state index contributed by atoms with van der Waals surface area (Å²) in [6.07, 6.45) is 0.358. The van der Waals surface area contributed by atoms with Gasteiger partial charge in [0, 0.05) is 23.7 Å². The number of benzene rings is 1. The van der Waals surface area contributed by atoms with Crippen molar-refractivity contribution in [1.29, 1.82) is 0 Å².